The average Bonchev–Trinajstić information content (AvgIpc) is 2.78. The predicted molar refractivity (Wildman–Crippen MR) is 62.2 cm³/mol. The molecular formula is C10H19BrN2O2. The minimum atomic E-state index is -0.300. The maximum absolute atomic E-state index is 10.9. The lowest BCUT2D eigenvalue weighted by Crippen LogP contribution is -2.59. The minimum Gasteiger partial charge on any atom is -0.330 e. The van der Waals surface area contributed by atoms with E-state index in [1.807, 2.05) is 7.05 Å². The Balaban J connectivity index is 2.69. The first-order chi connectivity index (χ1) is 7.15. The third kappa shape index (κ3) is 2.92. The predicted octanol–water partition coefficient (Wildman–Crippen LogP) is 1.85. The van der Waals surface area contributed by atoms with Crippen molar-refractivity contribution < 1.29 is 8.62 Å². The van der Waals surface area contributed by atoms with E-state index in [0.717, 1.165) is 6.41 Å². The monoisotopic (exact) mass is 278 g/mol. The normalized spacial score (nSPS) is 21.3. The molecule has 0 aromatic carbocycles. The van der Waals surface area contributed by atoms with Crippen molar-refractivity contribution in [3.63, 3.8) is 0 Å². The summed E-state index contributed by atoms with van der Waals surface area (Å²) in [5.41, 5.74) is -0.300. The lowest BCUT2D eigenvalue weighted by molar-refractivity contribution is -0.125. The average molecular weight is 279 g/mol. The summed E-state index contributed by atoms with van der Waals surface area (Å²) in [7, 11) is 1.81. The smallest absolute Gasteiger partial charge is 0.210 e. The quantitative estimate of drug-likeness (QED) is 0.596. The van der Waals surface area contributed by atoms with Crippen LogP contribution in [0.4, 0.5) is 0 Å². The van der Waals surface area contributed by atoms with Crippen molar-refractivity contribution in [3.05, 3.63) is 0 Å². The van der Waals surface area contributed by atoms with Gasteiger partial charge in [-0.2, -0.15) is 0 Å². The van der Waals surface area contributed by atoms with Gasteiger partial charge in [-0.1, -0.05) is 12.8 Å². The first-order valence-electron chi connectivity index (χ1n) is 5.32. The molecule has 1 amide bonds. The fraction of sp³-hybridized carbons (Fsp3) is 0.900. The van der Waals surface area contributed by atoms with Crippen LogP contribution in [0.1, 0.15) is 32.6 Å². The van der Waals surface area contributed by atoms with Crippen molar-refractivity contribution in [2.24, 2.45) is 5.92 Å². The Labute approximate surface area is 99.8 Å². The molecule has 1 fully saturated rings. The van der Waals surface area contributed by atoms with E-state index in [9.17, 15) is 4.79 Å². The van der Waals surface area contributed by atoms with Crippen molar-refractivity contribution in [1.82, 2.24) is 10.2 Å². The Hall–Kier alpha value is -0.130. The van der Waals surface area contributed by atoms with Gasteiger partial charge in [-0.15, -0.1) is 0 Å². The molecule has 1 unspecified atom stereocenters. The van der Waals surface area contributed by atoms with Crippen LogP contribution in [0.2, 0.25) is 0 Å². The summed E-state index contributed by atoms with van der Waals surface area (Å²) in [6.07, 6.45) is 5.72. The highest BCUT2D eigenvalue weighted by Gasteiger charge is 2.38. The molecule has 1 atom stereocenters. The van der Waals surface area contributed by atoms with Gasteiger partial charge in [0.2, 0.25) is 6.41 Å². The number of carbonyl (C=O) groups excluding carboxylic acids is 1. The van der Waals surface area contributed by atoms with Crippen LogP contribution in [-0.4, -0.2) is 30.8 Å². The molecule has 0 aromatic heterocycles. The van der Waals surface area contributed by atoms with Gasteiger partial charge in [0, 0.05) is 7.05 Å². The van der Waals surface area contributed by atoms with Gasteiger partial charge < -0.3 is 4.90 Å². The minimum absolute atomic E-state index is 0.300. The largest absolute Gasteiger partial charge is 0.330 e. The van der Waals surface area contributed by atoms with Gasteiger partial charge in [0.05, 0.1) is 5.66 Å². The van der Waals surface area contributed by atoms with Gasteiger partial charge in [-0.05, 0) is 25.7 Å². The lowest BCUT2D eigenvalue weighted by Gasteiger charge is -2.42. The number of hydrogen-bond acceptors (Lipinski definition) is 3. The Morgan fingerprint density at radius 2 is 2.20 bits per heavy atom. The molecule has 5 heteroatoms. The topological polar surface area (TPSA) is 41.6 Å². The summed E-state index contributed by atoms with van der Waals surface area (Å²) in [5, 5.41) is 3.26. The highest BCUT2D eigenvalue weighted by molar-refractivity contribution is 9.06. The van der Waals surface area contributed by atoms with Crippen LogP contribution in [-0.2, 0) is 8.62 Å². The molecular weight excluding hydrogens is 260 g/mol. The van der Waals surface area contributed by atoms with Crippen LogP contribution in [0, 0.1) is 5.92 Å². The summed E-state index contributed by atoms with van der Waals surface area (Å²) in [6, 6.07) is 0. The zero-order valence-electron chi connectivity index (χ0n) is 9.33. The van der Waals surface area contributed by atoms with Crippen molar-refractivity contribution >= 4 is 22.7 Å². The maximum Gasteiger partial charge on any atom is 0.210 e. The van der Waals surface area contributed by atoms with Gasteiger partial charge in [0.1, 0.15) is 23.0 Å². The van der Waals surface area contributed by atoms with E-state index < -0.39 is 0 Å². The first kappa shape index (κ1) is 12.9. The zero-order chi connectivity index (χ0) is 11.3. The molecule has 1 N–H and O–H groups in total. The molecule has 0 heterocycles. The molecule has 0 spiro atoms. The van der Waals surface area contributed by atoms with Gasteiger partial charge in [-0.3, -0.25) is 13.9 Å². The summed E-state index contributed by atoms with van der Waals surface area (Å²) < 4.78 is 4.85. The second-order valence-corrected chi connectivity index (χ2v) is 4.73. The SMILES string of the molecule is CN(C=O)C(C)(NCOBr)C1CCCC1. The van der Waals surface area contributed by atoms with Crippen molar-refractivity contribution in [2.75, 3.05) is 13.8 Å². The third-order valence-electron chi connectivity index (χ3n) is 3.53. The molecule has 1 aliphatic carbocycles. The fourth-order valence-electron chi connectivity index (χ4n) is 2.33. The Kier molecular flexibility index (Phi) is 5.02. The number of nitrogens with one attached hydrogen (secondary N) is 1. The highest BCUT2D eigenvalue weighted by Crippen LogP contribution is 2.35. The number of carbonyl (C=O) groups is 1. The van der Waals surface area contributed by atoms with Crippen LogP contribution in [0.3, 0.4) is 0 Å². The fourth-order valence-corrected chi connectivity index (χ4v) is 2.44. The molecule has 88 valence electrons. The third-order valence-corrected chi connectivity index (χ3v) is 3.75. The van der Waals surface area contributed by atoms with Crippen molar-refractivity contribution in [2.45, 2.75) is 38.3 Å². The van der Waals surface area contributed by atoms with E-state index in [1.54, 1.807) is 4.90 Å². The number of amides is 1. The second kappa shape index (κ2) is 5.82. The number of rotatable bonds is 6. The summed E-state index contributed by atoms with van der Waals surface area (Å²) >= 11 is 2.91. The van der Waals surface area contributed by atoms with Crippen molar-refractivity contribution in [1.29, 1.82) is 0 Å². The van der Waals surface area contributed by atoms with Gasteiger partial charge >= 0.3 is 0 Å². The van der Waals surface area contributed by atoms with Crippen LogP contribution in [0.25, 0.3) is 0 Å². The van der Waals surface area contributed by atoms with Gasteiger partial charge in [0.25, 0.3) is 0 Å². The second-order valence-electron chi connectivity index (χ2n) is 4.28. The van der Waals surface area contributed by atoms with E-state index in [-0.39, 0.29) is 5.66 Å². The Bertz CT molecular complexity index is 210. The molecule has 15 heavy (non-hydrogen) atoms. The molecule has 1 rings (SSSR count). The van der Waals surface area contributed by atoms with Crippen LogP contribution in [0.15, 0.2) is 0 Å². The standard InChI is InChI=1S/C10H19BrN2O2/c1-10(12-7-15-11,13(2)8-14)9-5-3-4-6-9/h8-9,12H,3-7H2,1-2H3. The first-order valence-corrected chi connectivity index (χ1v) is 5.96. The summed E-state index contributed by atoms with van der Waals surface area (Å²) in [4.78, 5) is 12.6. The number of halogens is 1. The maximum atomic E-state index is 10.9. The van der Waals surface area contributed by atoms with Crippen LogP contribution >= 0.6 is 16.3 Å². The Morgan fingerprint density at radius 3 is 2.67 bits per heavy atom. The molecule has 0 bridgehead atoms. The molecule has 1 aliphatic rings. The molecule has 0 aliphatic heterocycles. The highest BCUT2D eigenvalue weighted by atomic mass is 79.9. The Morgan fingerprint density at radius 1 is 1.60 bits per heavy atom. The van der Waals surface area contributed by atoms with E-state index in [2.05, 4.69) is 28.5 Å². The van der Waals surface area contributed by atoms with E-state index >= 15 is 0 Å². The van der Waals surface area contributed by atoms with Crippen LogP contribution in [0.5, 0.6) is 0 Å². The number of nitrogens with zero attached hydrogens (tertiary/aromatic N) is 1. The zero-order valence-corrected chi connectivity index (χ0v) is 10.9. The molecule has 0 radical (unpaired) electrons. The van der Waals surface area contributed by atoms with Gasteiger partial charge in [-0.25, -0.2) is 0 Å². The van der Waals surface area contributed by atoms with E-state index in [1.165, 1.54) is 25.7 Å². The number of hydrogen-bond donors (Lipinski definition) is 1. The van der Waals surface area contributed by atoms with Crippen molar-refractivity contribution in [3.8, 4) is 0 Å². The molecule has 0 saturated heterocycles. The van der Waals surface area contributed by atoms with Gasteiger partial charge in [0.15, 0.2) is 0 Å². The molecule has 0 aromatic rings. The summed E-state index contributed by atoms with van der Waals surface area (Å²) in [6.45, 7) is 2.45. The lowest BCUT2D eigenvalue weighted by atomic mass is 9.91. The van der Waals surface area contributed by atoms with Crippen LogP contribution < -0.4 is 5.32 Å². The molecule has 1 saturated carbocycles. The van der Waals surface area contributed by atoms with E-state index in [0.29, 0.717) is 12.6 Å². The summed E-state index contributed by atoms with van der Waals surface area (Å²) in [5.74, 6) is 0.510. The van der Waals surface area contributed by atoms with E-state index in [4.69, 9.17) is 3.83 Å². The molecule has 4 nitrogen and oxygen atoms in total.